The fourth-order valence-corrected chi connectivity index (χ4v) is 3.19. The van der Waals surface area contributed by atoms with E-state index in [2.05, 4.69) is 9.72 Å². The lowest BCUT2D eigenvalue weighted by atomic mass is 10.0. The van der Waals surface area contributed by atoms with Crippen LogP contribution in [0.4, 0.5) is 19.0 Å². The van der Waals surface area contributed by atoms with E-state index in [1.807, 2.05) is 12.1 Å². The summed E-state index contributed by atoms with van der Waals surface area (Å²) >= 11 is 0. The predicted molar refractivity (Wildman–Crippen MR) is 102 cm³/mol. The van der Waals surface area contributed by atoms with E-state index in [1.54, 1.807) is 18.2 Å². The summed E-state index contributed by atoms with van der Waals surface area (Å²) in [7, 11) is 0. The molecule has 0 fully saturated rings. The third-order valence-corrected chi connectivity index (χ3v) is 4.53. The molecule has 0 spiro atoms. The predicted octanol–water partition coefficient (Wildman–Crippen LogP) is 4.33. The second kappa shape index (κ2) is 8.26. The van der Waals surface area contributed by atoms with E-state index in [0.29, 0.717) is 17.7 Å². The highest BCUT2D eigenvalue weighted by Gasteiger charge is 2.31. The van der Waals surface area contributed by atoms with Gasteiger partial charge >= 0.3 is 18.2 Å². The largest absolute Gasteiger partial charge is 0.573 e. The number of nitro groups is 1. The van der Waals surface area contributed by atoms with Crippen molar-refractivity contribution in [1.82, 2.24) is 9.55 Å². The van der Waals surface area contributed by atoms with E-state index in [1.165, 1.54) is 29.0 Å². The van der Waals surface area contributed by atoms with E-state index in [-0.39, 0.29) is 36.9 Å². The van der Waals surface area contributed by atoms with Crippen molar-refractivity contribution < 1.29 is 32.3 Å². The number of nitrogens with zero attached hydrogens (tertiary/aromatic N) is 3. The first-order chi connectivity index (χ1) is 14.8. The molecule has 2 aromatic carbocycles. The van der Waals surface area contributed by atoms with Crippen molar-refractivity contribution in [3.63, 3.8) is 0 Å². The van der Waals surface area contributed by atoms with Gasteiger partial charge in [0.1, 0.15) is 24.7 Å². The fraction of sp³-hybridized carbons (Fsp3) is 0.250. The number of imidazole rings is 1. The lowest BCUT2D eigenvalue weighted by molar-refractivity contribution is -0.389. The van der Waals surface area contributed by atoms with Gasteiger partial charge in [0.15, 0.2) is 0 Å². The molecule has 2 heterocycles. The third-order valence-electron chi connectivity index (χ3n) is 4.53. The van der Waals surface area contributed by atoms with Gasteiger partial charge in [-0.3, -0.25) is 4.57 Å². The van der Waals surface area contributed by atoms with Gasteiger partial charge in [-0.05, 0) is 39.8 Å². The summed E-state index contributed by atoms with van der Waals surface area (Å²) in [6.07, 6.45) is -3.80. The molecule has 0 radical (unpaired) electrons. The number of benzene rings is 2. The Bertz CT molecular complexity index is 1100. The van der Waals surface area contributed by atoms with Crippen LogP contribution in [-0.2, 0) is 17.9 Å². The first kappa shape index (κ1) is 20.7. The molecule has 0 aliphatic carbocycles. The maximum atomic E-state index is 12.5. The Labute approximate surface area is 173 Å². The molecule has 8 nitrogen and oxygen atoms in total. The molecular formula is C20H16F3N3O5. The number of aromatic nitrogens is 2. The summed E-state index contributed by atoms with van der Waals surface area (Å²) in [4.78, 5) is 14.0. The number of halogens is 3. The van der Waals surface area contributed by atoms with E-state index in [9.17, 15) is 23.3 Å². The van der Waals surface area contributed by atoms with Gasteiger partial charge in [-0.1, -0.05) is 30.3 Å². The van der Waals surface area contributed by atoms with E-state index in [0.717, 1.165) is 5.56 Å². The minimum Gasteiger partial charge on any atom is -0.443 e. The van der Waals surface area contributed by atoms with Crippen LogP contribution in [0.1, 0.15) is 5.56 Å². The minimum atomic E-state index is -4.76. The summed E-state index contributed by atoms with van der Waals surface area (Å²) in [5.41, 5.74) is 2.09. The molecule has 0 unspecified atom stereocenters. The van der Waals surface area contributed by atoms with Gasteiger partial charge in [-0.25, -0.2) is 0 Å². The van der Waals surface area contributed by atoms with Crippen molar-refractivity contribution in [3.8, 4) is 22.9 Å². The van der Waals surface area contributed by atoms with Crippen LogP contribution in [0.5, 0.6) is 11.8 Å². The van der Waals surface area contributed by atoms with Crippen molar-refractivity contribution in [2.75, 3.05) is 6.61 Å². The number of hydrogen-bond acceptors (Lipinski definition) is 6. The van der Waals surface area contributed by atoms with Crippen LogP contribution >= 0.6 is 0 Å². The number of alkyl halides is 3. The third kappa shape index (κ3) is 5.12. The van der Waals surface area contributed by atoms with Gasteiger partial charge < -0.3 is 24.3 Å². The van der Waals surface area contributed by atoms with E-state index >= 15 is 0 Å². The minimum absolute atomic E-state index is 0.175. The summed E-state index contributed by atoms with van der Waals surface area (Å²) in [6, 6.07) is 13.1. The zero-order valence-electron chi connectivity index (χ0n) is 15.9. The monoisotopic (exact) mass is 435 g/mol. The van der Waals surface area contributed by atoms with Crippen LogP contribution in [-0.4, -0.2) is 33.5 Å². The Kier molecular flexibility index (Phi) is 5.51. The Morgan fingerprint density at radius 3 is 2.68 bits per heavy atom. The average Bonchev–Trinajstić information content (AvgIpc) is 3.15. The van der Waals surface area contributed by atoms with Crippen molar-refractivity contribution in [3.05, 3.63) is 70.4 Å². The van der Waals surface area contributed by atoms with Gasteiger partial charge in [0.25, 0.3) is 0 Å². The van der Waals surface area contributed by atoms with Gasteiger partial charge in [-0.15, -0.1) is 13.2 Å². The highest BCUT2D eigenvalue weighted by Crippen LogP contribution is 2.29. The van der Waals surface area contributed by atoms with Crippen LogP contribution in [0, 0.1) is 10.1 Å². The second-order valence-electron chi connectivity index (χ2n) is 6.81. The van der Waals surface area contributed by atoms with E-state index in [4.69, 9.17) is 9.47 Å². The molecular weight excluding hydrogens is 419 g/mol. The highest BCUT2D eigenvalue weighted by atomic mass is 19.4. The molecule has 0 saturated heterocycles. The quantitative estimate of drug-likeness (QED) is 0.423. The Hall–Kier alpha value is -3.60. The molecule has 0 amide bonds. The summed E-state index contributed by atoms with van der Waals surface area (Å²) in [5, 5.41) is 10.8. The zero-order valence-corrected chi connectivity index (χ0v) is 15.9. The molecule has 1 aliphatic heterocycles. The topological polar surface area (TPSA) is 88.7 Å². The molecule has 0 N–H and O–H groups in total. The molecule has 162 valence electrons. The molecule has 3 aromatic rings. The van der Waals surface area contributed by atoms with E-state index < -0.39 is 11.3 Å². The molecule has 11 heteroatoms. The smallest absolute Gasteiger partial charge is 0.443 e. The standard InChI is InChI=1S/C20H16F3N3O5/c21-20(22,23)31-16-6-2-5-15(8-16)14-4-1-3-13(7-14)11-29-17-9-25-10-18(26(27)28)24-19(25)30-12-17/h1-8,10,17H,9,11-12H2/t17-/m0/s1. The van der Waals surface area contributed by atoms with Crippen molar-refractivity contribution >= 4 is 5.82 Å². The average molecular weight is 435 g/mol. The molecule has 31 heavy (non-hydrogen) atoms. The van der Waals surface area contributed by atoms with Crippen molar-refractivity contribution in [2.24, 2.45) is 0 Å². The summed E-state index contributed by atoms with van der Waals surface area (Å²) in [6.45, 7) is 0.782. The van der Waals surface area contributed by atoms with Crippen LogP contribution in [0.15, 0.2) is 54.7 Å². The van der Waals surface area contributed by atoms with Gasteiger partial charge in [0, 0.05) is 4.98 Å². The van der Waals surface area contributed by atoms with Crippen molar-refractivity contribution in [2.45, 2.75) is 25.6 Å². The normalized spacial score (nSPS) is 15.8. The van der Waals surface area contributed by atoms with Gasteiger partial charge in [-0.2, -0.15) is 0 Å². The van der Waals surface area contributed by atoms with Crippen molar-refractivity contribution in [1.29, 1.82) is 0 Å². The van der Waals surface area contributed by atoms with Crippen LogP contribution in [0.3, 0.4) is 0 Å². The Morgan fingerprint density at radius 2 is 1.94 bits per heavy atom. The number of ether oxygens (including phenoxy) is 3. The summed E-state index contributed by atoms with van der Waals surface area (Å²) in [5.74, 6) is -0.587. The lowest BCUT2D eigenvalue weighted by Gasteiger charge is -2.22. The first-order valence-electron chi connectivity index (χ1n) is 9.18. The second-order valence-corrected chi connectivity index (χ2v) is 6.81. The van der Waals surface area contributed by atoms with Crippen LogP contribution in [0.2, 0.25) is 0 Å². The molecule has 1 aliphatic rings. The lowest BCUT2D eigenvalue weighted by Crippen LogP contribution is -2.32. The molecule has 1 atom stereocenters. The Morgan fingerprint density at radius 1 is 1.19 bits per heavy atom. The molecule has 0 bridgehead atoms. The molecule has 0 saturated carbocycles. The summed E-state index contributed by atoms with van der Waals surface area (Å²) < 4.78 is 54.2. The zero-order chi connectivity index (χ0) is 22.0. The first-order valence-corrected chi connectivity index (χ1v) is 9.18. The number of fused-ring (bicyclic) bond motifs is 1. The molecule has 4 rings (SSSR count). The maximum Gasteiger partial charge on any atom is 0.573 e. The SMILES string of the molecule is O=[N+]([O-])c1cn2c(n1)OC[C@@H](OCc1cccc(-c3cccc(OC(F)(F)F)c3)c1)C2. The van der Waals surface area contributed by atoms with Gasteiger partial charge in [0.05, 0.1) is 13.2 Å². The van der Waals surface area contributed by atoms with Crippen LogP contribution in [0.25, 0.3) is 11.1 Å². The van der Waals surface area contributed by atoms with Crippen LogP contribution < -0.4 is 9.47 Å². The maximum absolute atomic E-state index is 12.5. The van der Waals surface area contributed by atoms with Gasteiger partial charge in [0.2, 0.25) is 0 Å². The highest BCUT2D eigenvalue weighted by molar-refractivity contribution is 5.65. The Balaban J connectivity index is 1.41. The number of hydrogen-bond donors (Lipinski definition) is 0. The molecule has 1 aromatic heterocycles. The fourth-order valence-electron chi connectivity index (χ4n) is 3.19. The number of rotatable bonds is 6.